The molecule has 0 radical (unpaired) electrons. The van der Waals surface area contributed by atoms with Crippen LogP contribution >= 0.6 is 0 Å². The maximum absolute atomic E-state index is 13.8. The number of carbonyl (C=O) groups is 3. The van der Waals surface area contributed by atoms with Crippen LogP contribution in [0.1, 0.15) is 86.3 Å². The number of hydrogen-bond acceptors (Lipinski definition) is 8. The standard InChI is InChI=1S/C44H61N9O4/c1-9-13-14-41(57-8)47-27-42(54)53(22-11-3)29-40-46-26-39(50-40)35-18-16-32-15-17-34-23-33(19-20-38(34)51-43(55)36(32)24-35)37(12-4)49-30(5)28-52(21-10-2)31(6)25-48-44(56)45-7/h12,14,16,18-20,23-24,26,47,49H,5-6,9-11,13,15,17,21-22,25,27-29H2,1-4,7-8H3,(H,46,50)(H,51,55)(H2,45,48,56)/b37-12-,41-14-. The lowest BCUT2D eigenvalue weighted by molar-refractivity contribution is -0.131. The summed E-state index contributed by atoms with van der Waals surface area (Å²) < 4.78 is 5.37. The van der Waals surface area contributed by atoms with Crippen molar-refractivity contribution in [3.63, 3.8) is 0 Å². The summed E-state index contributed by atoms with van der Waals surface area (Å²) in [6, 6.07) is 11.8. The zero-order valence-corrected chi connectivity index (χ0v) is 34.6. The van der Waals surface area contributed by atoms with Crippen LogP contribution < -0.4 is 26.6 Å². The number of urea groups is 1. The van der Waals surface area contributed by atoms with Crippen LogP contribution in [0.5, 0.6) is 0 Å². The fourth-order valence-electron chi connectivity index (χ4n) is 6.60. The number of H-pyrrole nitrogens is 1. The van der Waals surface area contributed by atoms with E-state index in [-0.39, 0.29) is 24.4 Å². The van der Waals surface area contributed by atoms with Gasteiger partial charge in [0.2, 0.25) is 5.91 Å². The molecule has 0 saturated heterocycles. The van der Waals surface area contributed by atoms with Crippen molar-refractivity contribution >= 4 is 29.2 Å². The van der Waals surface area contributed by atoms with Crippen molar-refractivity contribution in [2.75, 3.05) is 52.2 Å². The molecule has 13 heteroatoms. The molecule has 13 nitrogen and oxygen atoms in total. The molecule has 0 bridgehead atoms. The number of unbranched alkanes of at least 4 members (excludes halogenated alkanes) is 1. The number of nitrogens with one attached hydrogen (secondary N) is 6. The average Bonchev–Trinajstić information content (AvgIpc) is 3.68. The lowest BCUT2D eigenvalue weighted by atomic mass is 9.93. The Labute approximate surface area is 338 Å². The van der Waals surface area contributed by atoms with Crippen molar-refractivity contribution in [3.05, 3.63) is 113 Å². The highest BCUT2D eigenvalue weighted by molar-refractivity contribution is 6.06. The number of ether oxygens (including phenoxy) is 1. The third-order valence-corrected chi connectivity index (χ3v) is 9.66. The van der Waals surface area contributed by atoms with Gasteiger partial charge in [-0.2, -0.15) is 0 Å². The number of rotatable bonds is 21. The largest absolute Gasteiger partial charge is 0.483 e. The summed E-state index contributed by atoms with van der Waals surface area (Å²) >= 11 is 0. The van der Waals surface area contributed by atoms with E-state index in [1.807, 2.05) is 56.3 Å². The molecule has 0 spiro atoms. The van der Waals surface area contributed by atoms with Crippen LogP contribution in [0, 0.1) is 0 Å². The van der Waals surface area contributed by atoms with Gasteiger partial charge in [0, 0.05) is 54.0 Å². The van der Waals surface area contributed by atoms with Crippen LogP contribution in [0.4, 0.5) is 10.5 Å². The van der Waals surface area contributed by atoms with E-state index in [1.165, 1.54) is 0 Å². The second-order valence-corrected chi connectivity index (χ2v) is 14.0. The first kappa shape index (κ1) is 43.7. The summed E-state index contributed by atoms with van der Waals surface area (Å²) in [5.41, 5.74) is 8.50. The highest BCUT2D eigenvalue weighted by Crippen LogP contribution is 2.29. The Hall–Kier alpha value is -5.98. The molecule has 2 heterocycles. The third-order valence-electron chi connectivity index (χ3n) is 9.66. The van der Waals surface area contributed by atoms with E-state index < -0.39 is 0 Å². The van der Waals surface area contributed by atoms with E-state index in [0.29, 0.717) is 49.9 Å². The van der Waals surface area contributed by atoms with Crippen LogP contribution in [-0.2, 0) is 28.9 Å². The number of aromatic amines is 1. The molecule has 6 N–H and O–H groups in total. The average molecular weight is 780 g/mol. The van der Waals surface area contributed by atoms with Crippen LogP contribution in [0.2, 0.25) is 0 Å². The highest BCUT2D eigenvalue weighted by atomic mass is 16.5. The molecule has 2 aromatic carbocycles. The van der Waals surface area contributed by atoms with Gasteiger partial charge in [-0.15, -0.1) is 0 Å². The van der Waals surface area contributed by atoms with Crippen molar-refractivity contribution in [1.82, 2.24) is 41.0 Å². The van der Waals surface area contributed by atoms with E-state index in [2.05, 4.69) is 74.5 Å². The van der Waals surface area contributed by atoms with Crippen molar-refractivity contribution in [3.8, 4) is 11.3 Å². The maximum atomic E-state index is 13.8. The van der Waals surface area contributed by atoms with Crippen molar-refractivity contribution in [1.29, 1.82) is 0 Å². The number of allylic oxidation sites excluding steroid dienone is 2. The topological polar surface area (TPSA) is 156 Å². The molecule has 0 atom stereocenters. The fraction of sp³-hybridized carbons (Fsp3) is 0.409. The second-order valence-electron chi connectivity index (χ2n) is 14.0. The number of aromatic nitrogens is 2. The number of nitrogens with zero attached hydrogens (tertiary/aromatic N) is 3. The van der Waals surface area contributed by atoms with E-state index in [0.717, 1.165) is 89.4 Å². The number of fused-ring (bicyclic) bond motifs is 2. The molecule has 57 heavy (non-hydrogen) atoms. The molecule has 0 fully saturated rings. The summed E-state index contributed by atoms with van der Waals surface area (Å²) in [4.78, 5) is 50.5. The first-order valence-electron chi connectivity index (χ1n) is 19.9. The smallest absolute Gasteiger partial charge is 0.314 e. The SMILES string of the molecule is C=C(CN(CCC)C(=C)CNC(=O)NC)N/C(=C\C)c1ccc2c(c1)CCc1ccc(-c3cnc(CN(CCC)C(=O)CN/C(=C/CCC)OC)[nH]3)cc1C(=O)N2. The van der Waals surface area contributed by atoms with Gasteiger partial charge < -0.3 is 46.1 Å². The number of benzene rings is 2. The number of anilines is 1. The van der Waals surface area contributed by atoms with Gasteiger partial charge >= 0.3 is 6.03 Å². The molecule has 0 saturated carbocycles. The summed E-state index contributed by atoms with van der Waals surface area (Å²) in [5, 5.41) is 15.1. The quantitative estimate of drug-likeness (QED) is 0.0656. The van der Waals surface area contributed by atoms with E-state index in [1.54, 1.807) is 25.3 Å². The van der Waals surface area contributed by atoms with Gasteiger partial charge in [-0.3, -0.25) is 9.59 Å². The molecule has 3 aromatic rings. The van der Waals surface area contributed by atoms with Crippen LogP contribution in [-0.4, -0.2) is 84.5 Å². The highest BCUT2D eigenvalue weighted by Gasteiger charge is 2.21. The van der Waals surface area contributed by atoms with Gasteiger partial charge in [-0.05, 0) is 80.0 Å². The molecular weight excluding hydrogens is 719 g/mol. The Morgan fingerprint density at radius 2 is 1.72 bits per heavy atom. The number of carbonyl (C=O) groups excluding carboxylic acids is 3. The molecular formula is C44H61N9O4. The first-order chi connectivity index (χ1) is 27.5. The Morgan fingerprint density at radius 3 is 2.42 bits per heavy atom. The fourth-order valence-corrected chi connectivity index (χ4v) is 6.60. The van der Waals surface area contributed by atoms with E-state index in [4.69, 9.17) is 4.74 Å². The Morgan fingerprint density at radius 1 is 0.965 bits per heavy atom. The number of aryl methyl sites for hydroxylation is 2. The second kappa shape index (κ2) is 21.9. The van der Waals surface area contributed by atoms with Crippen LogP contribution in [0.25, 0.3) is 17.0 Å². The van der Waals surface area contributed by atoms with Gasteiger partial charge in [0.1, 0.15) is 5.82 Å². The van der Waals surface area contributed by atoms with Crippen molar-refractivity contribution in [2.24, 2.45) is 0 Å². The summed E-state index contributed by atoms with van der Waals surface area (Å²) in [6.07, 6.45) is 10.7. The van der Waals surface area contributed by atoms with Crippen molar-refractivity contribution in [2.45, 2.75) is 72.8 Å². The lowest BCUT2D eigenvalue weighted by Crippen LogP contribution is -2.38. The van der Waals surface area contributed by atoms with Gasteiger partial charge in [0.15, 0.2) is 5.88 Å². The number of imidazole rings is 1. The van der Waals surface area contributed by atoms with Crippen LogP contribution in [0.15, 0.2) is 85.2 Å². The number of hydrogen-bond donors (Lipinski definition) is 6. The summed E-state index contributed by atoms with van der Waals surface area (Å²) in [7, 11) is 3.17. The molecule has 4 amide bonds. The Bertz CT molecular complexity index is 1950. The minimum atomic E-state index is -0.254. The molecule has 0 unspecified atom stereocenters. The normalized spacial score (nSPS) is 12.6. The van der Waals surface area contributed by atoms with E-state index in [9.17, 15) is 14.4 Å². The molecule has 0 aliphatic carbocycles. The molecule has 4 rings (SSSR count). The predicted octanol–water partition coefficient (Wildman–Crippen LogP) is 6.66. The molecule has 1 aliphatic heterocycles. The third kappa shape index (κ3) is 12.5. The van der Waals surface area contributed by atoms with Gasteiger partial charge in [-0.25, -0.2) is 9.78 Å². The minimum absolute atomic E-state index is 0.0476. The Balaban J connectivity index is 1.42. The van der Waals surface area contributed by atoms with Crippen molar-refractivity contribution < 1.29 is 19.1 Å². The van der Waals surface area contributed by atoms with Gasteiger partial charge in [0.05, 0.1) is 45.2 Å². The zero-order valence-electron chi connectivity index (χ0n) is 34.6. The molecule has 306 valence electrons. The van der Waals surface area contributed by atoms with Gasteiger partial charge in [-0.1, -0.05) is 64.6 Å². The first-order valence-corrected chi connectivity index (χ1v) is 19.9. The molecule has 1 aromatic heterocycles. The molecule has 1 aliphatic rings. The zero-order chi connectivity index (χ0) is 41.3. The van der Waals surface area contributed by atoms with Gasteiger partial charge in [0.25, 0.3) is 5.91 Å². The van der Waals surface area contributed by atoms with Crippen LogP contribution in [0.3, 0.4) is 0 Å². The minimum Gasteiger partial charge on any atom is -0.483 e. The number of amides is 4. The Kier molecular flexibility index (Phi) is 16.8. The predicted molar refractivity (Wildman–Crippen MR) is 229 cm³/mol. The van der Waals surface area contributed by atoms with E-state index >= 15 is 0 Å². The lowest BCUT2D eigenvalue weighted by Gasteiger charge is -2.28. The summed E-state index contributed by atoms with van der Waals surface area (Å²) in [5.74, 6) is 1.04. The summed E-state index contributed by atoms with van der Waals surface area (Å²) in [6.45, 7) is 19.4. The number of methoxy groups -OCH3 is 1. The monoisotopic (exact) mass is 779 g/mol. The maximum Gasteiger partial charge on any atom is 0.314 e.